The Morgan fingerprint density at radius 2 is 2.00 bits per heavy atom. The quantitative estimate of drug-likeness (QED) is 0.830. The number of nitrogens with zero attached hydrogens (tertiary/aromatic N) is 5. The lowest BCUT2D eigenvalue weighted by Crippen LogP contribution is -2.37. The monoisotopic (exact) mass is 369 g/mol. The van der Waals surface area contributed by atoms with Gasteiger partial charge in [-0.15, -0.1) is 0 Å². The molecule has 1 atom stereocenters. The molecule has 1 amide bonds. The van der Waals surface area contributed by atoms with Crippen molar-refractivity contribution in [3.63, 3.8) is 0 Å². The van der Waals surface area contributed by atoms with E-state index in [4.69, 9.17) is 4.98 Å². The van der Waals surface area contributed by atoms with Crippen molar-refractivity contribution in [1.82, 2.24) is 24.1 Å². The van der Waals surface area contributed by atoms with Gasteiger partial charge in [-0.25, -0.2) is 4.98 Å². The molecule has 0 N–H and O–H groups in total. The van der Waals surface area contributed by atoms with Crippen molar-refractivity contribution in [1.29, 1.82) is 0 Å². The Morgan fingerprint density at radius 3 is 2.70 bits per heavy atom. The number of hydrogen-bond donors (Lipinski definition) is 0. The van der Waals surface area contributed by atoms with Crippen LogP contribution in [0.3, 0.4) is 0 Å². The van der Waals surface area contributed by atoms with Crippen molar-refractivity contribution in [3.05, 3.63) is 35.3 Å². The molecule has 2 aromatic heterocycles. The van der Waals surface area contributed by atoms with E-state index in [9.17, 15) is 4.79 Å². The molecule has 2 aromatic rings. The van der Waals surface area contributed by atoms with Gasteiger partial charge in [-0.1, -0.05) is 6.07 Å². The van der Waals surface area contributed by atoms with Crippen LogP contribution in [0, 0.1) is 6.92 Å². The van der Waals surface area contributed by atoms with E-state index in [0.29, 0.717) is 11.7 Å². The first kappa shape index (κ1) is 18.4. The number of likely N-dealkylation sites (N-methyl/N-ethyl adjacent to an activating group) is 1. The van der Waals surface area contributed by atoms with Gasteiger partial charge in [0.1, 0.15) is 5.65 Å². The molecule has 4 rings (SSSR count). The van der Waals surface area contributed by atoms with Crippen LogP contribution >= 0.6 is 0 Å². The van der Waals surface area contributed by atoms with E-state index in [1.54, 1.807) is 0 Å². The third kappa shape index (κ3) is 3.60. The highest BCUT2D eigenvalue weighted by atomic mass is 16.2. The van der Waals surface area contributed by atoms with Crippen LogP contribution in [-0.2, 0) is 6.54 Å². The molecule has 6 nitrogen and oxygen atoms in total. The van der Waals surface area contributed by atoms with E-state index in [-0.39, 0.29) is 5.91 Å². The number of carbonyl (C=O) groups excluding carboxylic acids is 1. The molecule has 0 unspecified atom stereocenters. The number of imidazole rings is 1. The molecule has 0 spiro atoms. The Labute approximate surface area is 161 Å². The number of carbonyl (C=O) groups is 1. The normalized spacial score (nSPS) is 21.5. The van der Waals surface area contributed by atoms with Crippen LogP contribution in [0.4, 0.5) is 0 Å². The summed E-state index contributed by atoms with van der Waals surface area (Å²) in [5.74, 6) is 0.108. The zero-order valence-electron chi connectivity index (χ0n) is 16.8. The lowest BCUT2D eigenvalue weighted by atomic mass is 10.1. The summed E-state index contributed by atoms with van der Waals surface area (Å²) in [5, 5.41) is 0. The zero-order valence-corrected chi connectivity index (χ0v) is 16.8. The van der Waals surface area contributed by atoms with Gasteiger partial charge in [0.25, 0.3) is 5.91 Å². The topological polar surface area (TPSA) is 44.1 Å². The van der Waals surface area contributed by atoms with E-state index < -0.39 is 0 Å². The molecule has 4 heterocycles. The minimum Gasteiger partial charge on any atom is -0.337 e. The summed E-state index contributed by atoms with van der Waals surface area (Å²) in [5.41, 5.74) is 3.73. The van der Waals surface area contributed by atoms with E-state index in [2.05, 4.69) is 53.5 Å². The van der Waals surface area contributed by atoms with Crippen molar-refractivity contribution in [2.24, 2.45) is 0 Å². The third-order valence-corrected chi connectivity index (χ3v) is 6.14. The number of hydrogen-bond acceptors (Lipinski definition) is 4. The van der Waals surface area contributed by atoms with Gasteiger partial charge in [0.2, 0.25) is 0 Å². The number of pyridine rings is 1. The molecule has 0 aromatic carbocycles. The van der Waals surface area contributed by atoms with Crippen LogP contribution in [0.5, 0.6) is 0 Å². The smallest absolute Gasteiger partial charge is 0.274 e. The maximum Gasteiger partial charge on any atom is 0.274 e. The average Bonchev–Trinajstić information content (AvgIpc) is 3.29. The second kappa shape index (κ2) is 7.60. The first-order chi connectivity index (χ1) is 13.0. The van der Waals surface area contributed by atoms with Crippen molar-refractivity contribution in [2.45, 2.75) is 45.2 Å². The van der Waals surface area contributed by atoms with E-state index in [0.717, 1.165) is 62.5 Å². The Bertz CT molecular complexity index is 821. The Balaban J connectivity index is 1.67. The van der Waals surface area contributed by atoms with Crippen molar-refractivity contribution in [3.8, 4) is 0 Å². The number of fused-ring (bicyclic) bond motifs is 1. The highest BCUT2D eigenvalue weighted by Gasteiger charge is 2.29. The van der Waals surface area contributed by atoms with Crippen LogP contribution in [-0.4, -0.2) is 76.3 Å². The van der Waals surface area contributed by atoms with Gasteiger partial charge in [0.15, 0.2) is 5.69 Å². The molecule has 146 valence electrons. The maximum absolute atomic E-state index is 13.3. The first-order valence-electron chi connectivity index (χ1n) is 10.2. The van der Waals surface area contributed by atoms with E-state index in [1.165, 1.54) is 12.8 Å². The van der Waals surface area contributed by atoms with Crippen LogP contribution < -0.4 is 0 Å². The predicted octanol–water partition coefficient (Wildman–Crippen LogP) is 2.40. The number of aromatic nitrogens is 2. The molecule has 0 aliphatic carbocycles. The Morgan fingerprint density at radius 1 is 1.22 bits per heavy atom. The standard InChI is InChI=1S/C21H31N5O/c1-16-8-7-12-26-18(15-24-13-9-17(14-24)23(2)3)19(22-20(16)26)21(27)25-10-5-4-6-11-25/h7-8,12,17H,4-6,9-11,13-15H2,1-3H3/t17-/m1/s1. The van der Waals surface area contributed by atoms with Gasteiger partial charge in [0.05, 0.1) is 5.69 Å². The van der Waals surface area contributed by atoms with E-state index in [1.807, 2.05) is 4.90 Å². The predicted molar refractivity (Wildman–Crippen MR) is 107 cm³/mol. The van der Waals surface area contributed by atoms with Crippen LogP contribution in [0.1, 0.15) is 47.4 Å². The molecular weight excluding hydrogens is 338 g/mol. The minimum atomic E-state index is 0.108. The largest absolute Gasteiger partial charge is 0.337 e. The summed E-state index contributed by atoms with van der Waals surface area (Å²) < 4.78 is 2.13. The lowest BCUT2D eigenvalue weighted by Gasteiger charge is -2.26. The fourth-order valence-electron chi connectivity index (χ4n) is 4.41. The van der Waals surface area contributed by atoms with Crippen LogP contribution in [0.2, 0.25) is 0 Å². The van der Waals surface area contributed by atoms with Gasteiger partial charge in [-0.3, -0.25) is 9.69 Å². The highest BCUT2D eigenvalue weighted by molar-refractivity contribution is 5.94. The molecule has 6 heteroatoms. The molecule has 0 saturated carbocycles. The summed E-state index contributed by atoms with van der Waals surface area (Å²) in [6, 6.07) is 4.71. The number of piperidine rings is 1. The third-order valence-electron chi connectivity index (χ3n) is 6.14. The molecule has 27 heavy (non-hydrogen) atoms. The SMILES string of the molecule is Cc1cccn2c(CN3CC[C@@H](N(C)C)C3)c(C(=O)N3CCCCC3)nc12. The molecule has 2 fully saturated rings. The van der Waals surface area contributed by atoms with Crippen molar-refractivity contribution < 1.29 is 4.79 Å². The van der Waals surface area contributed by atoms with Gasteiger partial charge < -0.3 is 14.2 Å². The van der Waals surface area contributed by atoms with Gasteiger partial charge in [-0.05, 0) is 58.3 Å². The van der Waals surface area contributed by atoms with Crippen molar-refractivity contribution >= 4 is 11.6 Å². The summed E-state index contributed by atoms with van der Waals surface area (Å²) in [7, 11) is 4.30. The number of rotatable bonds is 4. The Kier molecular flexibility index (Phi) is 5.19. The lowest BCUT2D eigenvalue weighted by molar-refractivity contribution is 0.0716. The molecule has 2 aliphatic rings. The summed E-state index contributed by atoms with van der Waals surface area (Å²) in [4.78, 5) is 24.9. The second-order valence-corrected chi connectivity index (χ2v) is 8.29. The van der Waals surface area contributed by atoms with Gasteiger partial charge >= 0.3 is 0 Å². The summed E-state index contributed by atoms with van der Waals surface area (Å²) >= 11 is 0. The summed E-state index contributed by atoms with van der Waals surface area (Å²) in [6.07, 6.45) is 6.66. The molecule has 0 radical (unpaired) electrons. The minimum absolute atomic E-state index is 0.108. The number of amides is 1. The maximum atomic E-state index is 13.3. The summed E-state index contributed by atoms with van der Waals surface area (Å²) in [6.45, 7) is 6.68. The number of likely N-dealkylation sites (tertiary alicyclic amines) is 2. The molecular formula is C21H31N5O. The van der Waals surface area contributed by atoms with Crippen LogP contribution in [0.15, 0.2) is 18.3 Å². The zero-order chi connectivity index (χ0) is 19.0. The fraction of sp³-hybridized carbons (Fsp3) is 0.619. The molecule has 2 saturated heterocycles. The van der Waals surface area contributed by atoms with Gasteiger partial charge in [-0.2, -0.15) is 0 Å². The first-order valence-corrected chi connectivity index (χ1v) is 10.2. The van der Waals surface area contributed by atoms with Crippen LogP contribution in [0.25, 0.3) is 5.65 Å². The molecule has 2 aliphatic heterocycles. The number of aryl methyl sites for hydroxylation is 1. The highest BCUT2D eigenvalue weighted by Crippen LogP contribution is 2.23. The molecule has 0 bridgehead atoms. The second-order valence-electron chi connectivity index (χ2n) is 8.29. The Hall–Kier alpha value is -1.92. The average molecular weight is 370 g/mol. The van der Waals surface area contributed by atoms with Crippen molar-refractivity contribution in [2.75, 3.05) is 40.3 Å². The van der Waals surface area contributed by atoms with E-state index >= 15 is 0 Å². The fourth-order valence-corrected chi connectivity index (χ4v) is 4.41. The van der Waals surface area contributed by atoms with Gasteiger partial charge in [0, 0.05) is 45.0 Å².